The third-order valence-corrected chi connectivity index (χ3v) is 2.93. The van der Waals surface area contributed by atoms with Crippen molar-refractivity contribution in [1.29, 1.82) is 0 Å². The fraction of sp³-hybridized carbons (Fsp3) is 0.412. The second kappa shape index (κ2) is 9.73. The van der Waals surface area contributed by atoms with Crippen LogP contribution < -0.4 is 10.6 Å². The van der Waals surface area contributed by atoms with E-state index in [1.165, 1.54) is 0 Å². The molecule has 120 valence electrons. The number of hydrogen-bond donors (Lipinski definition) is 2. The first-order valence-corrected chi connectivity index (χ1v) is 7.46. The number of urea groups is 1. The van der Waals surface area contributed by atoms with E-state index in [4.69, 9.17) is 0 Å². The fourth-order valence-corrected chi connectivity index (χ4v) is 1.92. The summed E-state index contributed by atoms with van der Waals surface area (Å²) in [7, 11) is 0. The molecular formula is C17H25N3O2. The molecule has 0 heterocycles. The van der Waals surface area contributed by atoms with Crippen LogP contribution in [0.15, 0.2) is 43.0 Å². The van der Waals surface area contributed by atoms with Gasteiger partial charge in [-0.1, -0.05) is 50.3 Å². The Hall–Kier alpha value is -2.14. The van der Waals surface area contributed by atoms with Gasteiger partial charge in [0.2, 0.25) is 5.91 Å². The molecule has 22 heavy (non-hydrogen) atoms. The summed E-state index contributed by atoms with van der Waals surface area (Å²) in [6, 6.07) is 9.43. The summed E-state index contributed by atoms with van der Waals surface area (Å²) in [6.07, 6.45) is 1.75. The van der Waals surface area contributed by atoms with Crippen molar-refractivity contribution in [2.24, 2.45) is 5.92 Å². The zero-order chi connectivity index (χ0) is 16.4. The van der Waals surface area contributed by atoms with E-state index in [-0.39, 0.29) is 12.5 Å². The molecule has 0 aliphatic rings. The second-order valence-corrected chi connectivity index (χ2v) is 5.60. The average Bonchev–Trinajstić information content (AvgIpc) is 2.46. The van der Waals surface area contributed by atoms with Gasteiger partial charge in [0.05, 0.1) is 6.54 Å². The van der Waals surface area contributed by atoms with Crippen LogP contribution in [0, 0.1) is 5.92 Å². The van der Waals surface area contributed by atoms with Crippen molar-refractivity contribution < 1.29 is 9.59 Å². The Morgan fingerprint density at radius 3 is 2.55 bits per heavy atom. The molecule has 0 radical (unpaired) electrons. The molecule has 0 aromatic heterocycles. The van der Waals surface area contributed by atoms with Gasteiger partial charge in [0.25, 0.3) is 0 Å². The number of benzene rings is 1. The van der Waals surface area contributed by atoms with Crippen molar-refractivity contribution in [1.82, 2.24) is 15.5 Å². The Morgan fingerprint density at radius 1 is 1.27 bits per heavy atom. The Morgan fingerprint density at radius 2 is 1.95 bits per heavy atom. The highest BCUT2D eigenvalue weighted by Crippen LogP contribution is 2.04. The summed E-state index contributed by atoms with van der Waals surface area (Å²) in [5, 5.41) is 5.00. The Kier molecular flexibility index (Phi) is 7.92. The van der Waals surface area contributed by atoms with Gasteiger partial charge in [0.15, 0.2) is 0 Å². The minimum Gasteiger partial charge on any atom is -0.338 e. The van der Waals surface area contributed by atoms with E-state index in [1.54, 1.807) is 6.08 Å². The first-order chi connectivity index (χ1) is 10.5. The van der Waals surface area contributed by atoms with Crippen molar-refractivity contribution >= 4 is 11.9 Å². The third kappa shape index (κ3) is 7.59. The third-order valence-electron chi connectivity index (χ3n) is 2.93. The van der Waals surface area contributed by atoms with Crippen LogP contribution in [-0.2, 0) is 11.3 Å². The summed E-state index contributed by atoms with van der Waals surface area (Å²) in [5.41, 5.74) is 1.11. The molecule has 0 atom stereocenters. The lowest BCUT2D eigenvalue weighted by atomic mass is 10.2. The molecule has 0 saturated heterocycles. The molecule has 0 saturated carbocycles. The number of imide groups is 1. The van der Waals surface area contributed by atoms with Gasteiger partial charge >= 0.3 is 6.03 Å². The smallest absolute Gasteiger partial charge is 0.321 e. The van der Waals surface area contributed by atoms with Crippen molar-refractivity contribution in [3.63, 3.8) is 0 Å². The van der Waals surface area contributed by atoms with Crippen LogP contribution in [0.25, 0.3) is 0 Å². The van der Waals surface area contributed by atoms with Gasteiger partial charge in [0, 0.05) is 19.6 Å². The summed E-state index contributed by atoms with van der Waals surface area (Å²) in [6.45, 7) is 9.60. The lowest BCUT2D eigenvalue weighted by molar-refractivity contribution is -0.121. The molecular weight excluding hydrogens is 278 g/mol. The predicted octanol–water partition coefficient (Wildman–Crippen LogP) is 2.16. The molecule has 0 bridgehead atoms. The standard InChI is InChI=1S/C17H25N3O2/c1-4-10-20(12-15-8-6-5-7-9-15)13-16(21)19-17(22)18-11-14(2)3/h4-9,14H,1,10-13H2,2-3H3,(H2,18,19,21,22). The zero-order valence-corrected chi connectivity index (χ0v) is 13.3. The molecule has 1 aromatic rings. The number of carbonyl (C=O) groups excluding carboxylic acids is 2. The van der Waals surface area contributed by atoms with Crippen LogP contribution in [-0.4, -0.2) is 36.5 Å². The van der Waals surface area contributed by atoms with E-state index in [9.17, 15) is 9.59 Å². The molecule has 0 fully saturated rings. The van der Waals surface area contributed by atoms with Gasteiger partial charge < -0.3 is 5.32 Å². The van der Waals surface area contributed by atoms with E-state index >= 15 is 0 Å². The van der Waals surface area contributed by atoms with Gasteiger partial charge in [0.1, 0.15) is 0 Å². The van der Waals surface area contributed by atoms with Gasteiger partial charge in [-0.25, -0.2) is 4.79 Å². The largest absolute Gasteiger partial charge is 0.338 e. The lowest BCUT2D eigenvalue weighted by Crippen LogP contribution is -2.45. The van der Waals surface area contributed by atoms with E-state index in [1.807, 2.05) is 49.1 Å². The SMILES string of the molecule is C=CCN(CC(=O)NC(=O)NCC(C)C)Cc1ccccc1. The molecule has 0 aliphatic heterocycles. The molecule has 0 aliphatic carbocycles. The Balaban J connectivity index is 2.46. The number of carbonyl (C=O) groups is 2. The minimum atomic E-state index is -0.447. The predicted molar refractivity (Wildman–Crippen MR) is 88.3 cm³/mol. The van der Waals surface area contributed by atoms with Gasteiger partial charge in [-0.05, 0) is 11.5 Å². The van der Waals surface area contributed by atoms with Gasteiger partial charge in [-0.3, -0.25) is 15.0 Å². The van der Waals surface area contributed by atoms with E-state index in [0.29, 0.717) is 25.6 Å². The second-order valence-electron chi connectivity index (χ2n) is 5.60. The van der Waals surface area contributed by atoms with Crippen LogP contribution in [0.2, 0.25) is 0 Å². The first kappa shape index (κ1) is 17.9. The van der Waals surface area contributed by atoms with Gasteiger partial charge in [-0.2, -0.15) is 0 Å². The van der Waals surface area contributed by atoms with Crippen molar-refractivity contribution in [3.05, 3.63) is 48.6 Å². The van der Waals surface area contributed by atoms with Crippen LogP contribution in [0.5, 0.6) is 0 Å². The normalized spacial score (nSPS) is 10.5. The van der Waals surface area contributed by atoms with Crippen LogP contribution in [0.1, 0.15) is 19.4 Å². The maximum atomic E-state index is 11.9. The monoisotopic (exact) mass is 303 g/mol. The number of nitrogens with one attached hydrogen (secondary N) is 2. The zero-order valence-electron chi connectivity index (χ0n) is 13.3. The molecule has 3 amide bonds. The quantitative estimate of drug-likeness (QED) is 0.723. The van der Waals surface area contributed by atoms with Crippen molar-refractivity contribution in [2.75, 3.05) is 19.6 Å². The van der Waals surface area contributed by atoms with Crippen LogP contribution >= 0.6 is 0 Å². The van der Waals surface area contributed by atoms with E-state index in [0.717, 1.165) is 5.56 Å². The van der Waals surface area contributed by atoms with Gasteiger partial charge in [-0.15, -0.1) is 6.58 Å². The van der Waals surface area contributed by atoms with Crippen LogP contribution in [0.3, 0.4) is 0 Å². The average molecular weight is 303 g/mol. The minimum absolute atomic E-state index is 0.149. The van der Waals surface area contributed by atoms with E-state index in [2.05, 4.69) is 17.2 Å². The molecule has 1 rings (SSSR count). The summed E-state index contributed by atoms with van der Waals surface area (Å²) < 4.78 is 0. The fourth-order valence-electron chi connectivity index (χ4n) is 1.92. The molecule has 5 nitrogen and oxygen atoms in total. The summed E-state index contributed by atoms with van der Waals surface area (Å²) in [5.74, 6) is 0.0234. The highest BCUT2D eigenvalue weighted by atomic mass is 16.2. The molecule has 5 heteroatoms. The summed E-state index contributed by atoms with van der Waals surface area (Å²) in [4.78, 5) is 25.4. The molecule has 0 unspecified atom stereocenters. The van der Waals surface area contributed by atoms with E-state index < -0.39 is 6.03 Å². The number of amides is 3. The molecule has 0 spiro atoms. The number of nitrogens with zero attached hydrogens (tertiary/aromatic N) is 1. The maximum absolute atomic E-state index is 11.9. The Labute approximate surface area is 132 Å². The molecule has 2 N–H and O–H groups in total. The topological polar surface area (TPSA) is 61.4 Å². The van der Waals surface area contributed by atoms with Crippen LogP contribution in [0.4, 0.5) is 4.79 Å². The van der Waals surface area contributed by atoms with Crippen molar-refractivity contribution in [2.45, 2.75) is 20.4 Å². The van der Waals surface area contributed by atoms with Crippen molar-refractivity contribution in [3.8, 4) is 0 Å². The lowest BCUT2D eigenvalue weighted by Gasteiger charge is -2.20. The highest BCUT2D eigenvalue weighted by molar-refractivity contribution is 5.95. The Bertz CT molecular complexity index is 486. The number of hydrogen-bond acceptors (Lipinski definition) is 3. The summed E-state index contributed by atoms with van der Waals surface area (Å²) >= 11 is 0. The number of rotatable bonds is 8. The maximum Gasteiger partial charge on any atom is 0.321 e. The molecule has 1 aromatic carbocycles. The highest BCUT2D eigenvalue weighted by Gasteiger charge is 2.13. The first-order valence-electron chi connectivity index (χ1n) is 7.46.